The van der Waals surface area contributed by atoms with Crippen LogP contribution in [0.5, 0.6) is 0 Å². The number of ketones is 1. The first-order valence-corrected chi connectivity index (χ1v) is 12.1. The average molecular weight is 508 g/mol. The van der Waals surface area contributed by atoms with Crippen LogP contribution in [0.1, 0.15) is 27.0 Å². The fraction of sp³-hybridized carbons (Fsp3) is 0.0606. The molecule has 38 heavy (non-hydrogen) atoms. The van der Waals surface area contributed by atoms with Crippen LogP contribution in [0.2, 0.25) is 0 Å². The predicted molar refractivity (Wildman–Crippen MR) is 147 cm³/mol. The first kappa shape index (κ1) is 25.0. The van der Waals surface area contributed by atoms with E-state index in [1.165, 1.54) is 12.1 Å². The lowest BCUT2D eigenvalue weighted by Gasteiger charge is -2.21. The van der Waals surface area contributed by atoms with Gasteiger partial charge in [-0.25, -0.2) is 0 Å². The summed E-state index contributed by atoms with van der Waals surface area (Å²) in [5, 5.41) is 0. The Balaban J connectivity index is 1.84. The predicted octanol–water partition coefficient (Wildman–Crippen LogP) is 8.83. The summed E-state index contributed by atoms with van der Waals surface area (Å²) < 4.78 is 39.9. The van der Waals surface area contributed by atoms with Crippen molar-refractivity contribution in [2.45, 2.75) is 13.1 Å². The second-order valence-electron chi connectivity index (χ2n) is 9.14. The summed E-state index contributed by atoms with van der Waals surface area (Å²) >= 11 is 0. The standard InChI is InChI=1S/C33H24F3NO/c1-21-12-14-23(15-13-21)28-20-27(22-8-4-2-5-9-22)29(24-16-18-26(19-17-24)33(34,35)36)31(37)30(28)32(38)25-10-6-3-7-11-25/h2-20H,37H2,1H3. The van der Waals surface area contributed by atoms with Gasteiger partial charge in [0.15, 0.2) is 5.78 Å². The highest BCUT2D eigenvalue weighted by molar-refractivity contribution is 6.19. The molecule has 0 spiro atoms. The molecule has 5 aromatic rings. The lowest BCUT2D eigenvalue weighted by atomic mass is 9.83. The van der Waals surface area contributed by atoms with Crippen molar-refractivity contribution in [1.29, 1.82) is 0 Å². The summed E-state index contributed by atoms with van der Waals surface area (Å²) in [6.45, 7) is 1.98. The van der Waals surface area contributed by atoms with E-state index in [9.17, 15) is 18.0 Å². The van der Waals surface area contributed by atoms with Crippen molar-refractivity contribution >= 4 is 11.5 Å². The third kappa shape index (κ3) is 4.83. The Morgan fingerprint density at radius 3 is 1.76 bits per heavy atom. The van der Waals surface area contributed by atoms with E-state index in [2.05, 4.69) is 0 Å². The monoisotopic (exact) mass is 507 g/mol. The van der Waals surface area contributed by atoms with E-state index in [1.54, 1.807) is 24.3 Å². The number of anilines is 1. The number of alkyl halides is 3. The topological polar surface area (TPSA) is 43.1 Å². The van der Waals surface area contributed by atoms with Gasteiger partial charge < -0.3 is 5.73 Å². The second-order valence-corrected chi connectivity index (χ2v) is 9.14. The van der Waals surface area contributed by atoms with Crippen LogP contribution in [0.15, 0.2) is 115 Å². The van der Waals surface area contributed by atoms with Gasteiger partial charge in [-0.05, 0) is 52.9 Å². The van der Waals surface area contributed by atoms with Crippen LogP contribution in [-0.4, -0.2) is 5.78 Å². The van der Waals surface area contributed by atoms with Gasteiger partial charge >= 0.3 is 6.18 Å². The summed E-state index contributed by atoms with van der Waals surface area (Å²) in [6.07, 6.45) is -4.46. The van der Waals surface area contributed by atoms with Crippen LogP contribution in [0, 0.1) is 6.92 Å². The molecule has 0 aliphatic rings. The minimum absolute atomic E-state index is 0.218. The molecule has 0 fully saturated rings. The van der Waals surface area contributed by atoms with E-state index >= 15 is 0 Å². The Morgan fingerprint density at radius 1 is 0.658 bits per heavy atom. The van der Waals surface area contributed by atoms with Crippen LogP contribution in [0.4, 0.5) is 18.9 Å². The first-order valence-electron chi connectivity index (χ1n) is 12.1. The summed E-state index contributed by atoms with van der Waals surface area (Å²) in [6, 6.07) is 33.0. The highest BCUT2D eigenvalue weighted by Crippen LogP contribution is 2.44. The number of benzene rings is 5. The van der Waals surface area contributed by atoms with Crippen molar-refractivity contribution in [2.75, 3.05) is 5.73 Å². The van der Waals surface area contributed by atoms with Gasteiger partial charge in [-0.2, -0.15) is 13.2 Å². The number of nitrogen functional groups attached to an aromatic ring is 1. The molecule has 0 bridgehead atoms. The molecule has 0 radical (unpaired) electrons. The molecule has 0 unspecified atom stereocenters. The van der Waals surface area contributed by atoms with Crippen molar-refractivity contribution < 1.29 is 18.0 Å². The number of carbonyl (C=O) groups is 1. The lowest BCUT2D eigenvalue weighted by Crippen LogP contribution is -2.10. The quantitative estimate of drug-likeness (QED) is 0.191. The first-order chi connectivity index (χ1) is 18.2. The minimum atomic E-state index is -4.46. The smallest absolute Gasteiger partial charge is 0.398 e. The van der Waals surface area contributed by atoms with E-state index in [0.29, 0.717) is 27.8 Å². The Kier molecular flexibility index (Phi) is 6.60. The van der Waals surface area contributed by atoms with E-state index in [-0.39, 0.29) is 11.5 Å². The number of halogens is 3. The molecule has 2 nitrogen and oxygen atoms in total. The van der Waals surface area contributed by atoms with Crippen LogP contribution >= 0.6 is 0 Å². The van der Waals surface area contributed by atoms with Gasteiger partial charge in [-0.1, -0.05) is 103 Å². The zero-order chi connectivity index (χ0) is 26.9. The minimum Gasteiger partial charge on any atom is -0.398 e. The molecule has 2 N–H and O–H groups in total. The summed E-state index contributed by atoms with van der Waals surface area (Å²) in [7, 11) is 0. The number of aryl methyl sites for hydroxylation is 1. The normalized spacial score (nSPS) is 11.4. The highest BCUT2D eigenvalue weighted by Gasteiger charge is 2.31. The summed E-state index contributed by atoms with van der Waals surface area (Å²) in [5.41, 5.74) is 12.2. The zero-order valence-electron chi connectivity index (χ0n) is 20.6. The van der Waals surface area contributed by atoms with Crippen molar-refractivity contribution in [2.24, 2.45) is 0 Å². The number of nitrogens with two attached hydrogens (primary N) is 1. The summed E-state index contributed by atoms with van der Waals surface area (Å²) in [4.78, 5) is 13.9. The number of rotatable bonds is 5. The van der Waals surface area contributed by atoms with Crippen LogP contribution < -0.4 is 5.73 Å². The zero-order valence-corrected chi connectivity index (χ0v) is 20.6. The molecule has 0 amide bonds. The SMILES string of the molecule is Cc1ccc(-c2cc(-c3ccccc3)c(-c3ccc(C(F)(F)F)cc3)c(N)c2C(=O)c2ccccc2)cc1. The molecule has 0 saturated heterocycles. The fourth-order valence-corrected chi connectivity index (χ4v) is 4.63. The molecule has 0 aliphatic carbocycles. The number of hydrogen-bond acceptors (Lipinski definition) is 2. The Hall–Kier alpha value is -4.64. The van der Waals surface area contributed by atoms with Crippen molar-refractivity contribution in [1.82, 2.24) is 0 Å². The van der Waals surface area contributed by atoms with Gasteiger partial charge in [-0.15, -0.1) is 0 Å². The van der Waals surface area contributed by atoms with Crippen molar-refractivity contribution in [3.63, 3.8) is 0 Å². The highest BCUT2D eigenvalue weighted by atomic mass is 19.4. The van der Waals surface area contributed by atoms with E-state index in [1.807, 2.05) is 73.7 Å². The third-order valence-electron chi connectivity index (χ3n) is 6.58. The maximum Gasteiger partial charge on any atom is 0.416 e. The van der Waals surface area contributed by atoms with E-state index in [4.69, 9.17) is 5.73 Å². The largest absolute Gasteiger partial charge is 0.416 e. The van der Waals surface area contributed by atoms with Crippen LogP contribution in [0.25, 0.3) is 33.4 Å². The summed E-state index contributed by atoms with van der Waals surface area (Å²) in [5.74, 6) is -0.258. The van der Waals surface area contributed by atoms with Gasteiger partial charge in [0.2, 0.25) is 0 Å². The fourth-order valence-electron chi connectivity index (χ4n) is 4.63. The Bertz CT molecular complexity index is 1590. The molecule has 5 aromatic carbocycles. The molecular formula is C33H24F3NO. The lowest BCUT2D eigenvalue weighted by molar-refractivity contribution is -0.137. The second kappa shape index (κ2) is 10.0. The maximum absolute atomic E-state index is 13.9. The van der Waals surface area contributed by atoms with Gasteiger partial charge in [0.1, 0.15) is 0 Å². The van der Waals surface area contributed by atoms with E-state index in [0.717, 1.165) is 34.4 Å². The third-order valence-corrected chi connectivity index (χ3v) is 6.58. The van der Waals surface area contributed by atoms with Crippen LogP contribution in [-0.2, 0) is 6.18 Å². The average Bonchev–Trinajstić information content (AvgIpc) is 2.93. The van der Waals surface area contributed by atoms with Gasteiger partial charge in [0.25, 0.3) is 0 Å². The van der Waals surface area contributed by atoms with Crippen molar-refractivity contribution in [3.8, 4) is 33.4 Å². The molecule has 5 rings (SSSR count). The Labute approximate surface area is 219 Å². The molecule has 5 heteroatoms. The molecular weight excluding hydrogens is 483 g/mol. The number of hydrogen-bond donors (Lipinski definition) is 1. The van der Waals surface area contributed by atoms with Gasteiger partial charge in [0, 0.05) is 11.1 Å². The van der Waals surface area contributed by atoms with Crippen molar-refractivity contribution in [3.05, 3.63) is 138 Å². The molecule has 0 saturated carbocycles. The van der Waals surface area contributed by atoms with Gasteiger partial charge in [0.05, 0.1) is 16.8 Å². The van der Waals surface area contributed by atoms with Crippen LogP contribution in [0.3, 0.4) is 0 Å². The van der Waals surface area contributed by atoms with E-state index < -0.39 is 11.7 Å². The molecule has 0 aromatic heterocycles. The molecule has 0 atom stereocenters. The molecule has 0 heterocycles. The maximum atomic E-state index is 13.9. The molecule has 188 valence electrons. The van der Waals surface area contributed by atoms with Gasteiger partial charge in [-0.3, -0.25) is 4.79 Å². The molecule has 0 aliphatic heterocycles. The Morgan fingerprint density at radius 2 is 1.18 bits per heavy atom. The number of carbonyl (C=O) groups excluding carboxylic acids is 1.